The summed E-state index contributed by atoms with van der Waals surface area (Å²) < 4.78 is 0. The van der Waals surface area contributed by atoms with Gasteiger partial charge in [-0.3, -0.25) is 0 Å². The zero-order valence-electron chi connectivity index (χ0n) is 6.22. The van der Waals surface area contributed by atoms with Crippen LogP contribution < -0.4 is 5.73 Å². The van der Waals surface area contributed by atoms with Crippen LogP contribution in [0.25, 0.3) is 0 Å². The smallest absolute Gasteiger partial charge is 0.101 e. The number of nitrogens with two attached hydrogens (primary N) is 1. The maximum absolute atomic E-state index is 8.46. The highest BCUT2D eigenvalue weighted by molar-refractivity contribution is 5.37. The molecule has 0 radical (unpaired) electrons. The van der Waals surface area contributed by atoms with Crippen molar-refractivity contribution in [2.75, 3.05) is 0 Å². The molecule has 0 aliphatic carbocycles. The van der Waals surface area contributed by atoms with Crippen LogP contribution in [0.1, 0.15) is 19.8 Å². The quantitative estimate of drug-likeness (QED) is 0.474. The molecule has 0 bridgehead atoms. The lowest BCUT2D eigenvalue weighted by atomic mass is 10.2. The summed E-state index contributed by atoms with van der Waals surface area (Å²) in [4.78, 5) is 0. The fourth-order valence-corrected chi connectivity index (χ4v) is 0.537. The van der Waals surface area contributed by atoms with Crippen LogP contribution in [-0.2, 0) is 0 Å². The number of hydrogen-bond acceptors (Lipinski definition) is 2. The molecule has 0 aromatic heterocycles. The van der Waals surface area contributed by atoms with Gasteiger partial charge in [-0.05, 0) is 6.42 Å². The molecule has 10 heavy (non-hydrogen) atoms. The van der Waals surface area contributed by atoms with Crippen LogP contribution in [0.3, 0.4) is 0 Å². The van der Waals surface area contributed by atoms with E-state index in [1.165, 1.54) is 0 Å². The van der Waals surface area contributed by atoms with Gasteiger partial charge in [-0.1, -0.05) is 26.0 Å². The van der Waals surface area contributed by atoms with Gasteiger partial charge in [0, 0.05) is 5.70 Å². The Kier molecular flexibility index (Phi) is 4.06. The summed E-state index contributed by atoms with van der Waals surface area (Å²) in [5, 5.41) is 8.46. The lowest BCUT2D eigenvalue weighted by molar-refractivity contribution is 0.953. The molecule has 0 saturated carbocycles. The predicted octanol–water partition coefficient (Wildman–Crippen LogP) is 1.71. The minimum atomic E-state index is 0.357. The molecule has 2 nitrogen and oxygen atoms in total. The summed E-state index contributed by atoms with van der Waals surface area (Å²) in [6.07, 6.45) is 3.72. The van der Waals surface area contributed by atoms with Crippen molar-refractivity contribution in [2.24, 2.45) is 5.73 Å². The van der Waals surface area contributed by atoms with Crippen LogP contribution in [0.15, 0.2) is 23.9 Å². The lowest BCUT2D eigenvalue weighted by Crippen LogP contribution is -1.96. The fraction of sp³-hybridized carbons (Fsp3) is 0.375. The normalized spacial score (nSPS) is 10.6. The third kappa shape index (κ3) is 2.93. The van der Waals surface area contributed by atoms with Gasteiger partial charge >= 0.3 is 0 Å². The highest BCUT2D eigenvalue weighted by Gasteiger charge is 1.93. The summed E-state index contributed by atoms with van der Waals surface area (Å²) in [6, 6.07) is 1.97. The maximum atomic E-state index is 8.46. The molecule has 0 unspecified atom stereocenters. The first kappa shape index (κ1) is 8.77. The molecule has 0 aliphatic rings. The second-order valence-electron chi connectivity index (χ2n) is 2.04. The predicted molar refractivity (Wildman–Crippen MR) is 41.9 cm³/mol. The molecule has 2 N–H and O–H groups in total. The highest BCUT2D eigenvalue weighted by Crippen LogP contribution is 2.02. The van der Waals surface area contributed by atoms with E-state index in [4.69, 9.17) is 11.0 Å². The standard InChI is InChI=1S/C8H12N2/c1-3-4-5-8(6-9)7(2)10/h5H,2-4,10H2,1H3/b8-5-. The molecule has 0 saturated heterocycles. The van der Waals surface area contributed by atoms with E-state index < -0.39 is 0 Å². The van der Waals surface area contributed by atoms with Crippen molar-refractivity contribution in [3.05, 3.63) is 23.9 Å². The number of rotatable bonds is 3. The number of nitriles is 1. The van der Waals surface area contributed by atoms with Crippen LogP contribution in [0.5, 0.6) is 0 Å². The van der Waals surface area contributed by atoms with E-state index >= 15 is 0 Å². The summed E-state index contributed by atoms with van der Waals surface area (Å²) in [5.41, 5.74) is 6.16. The number of unbranched alkanes of at least 4 members (excludes halogenated alkanes) is 1. The van der Waals surface area contributed by atoms with Gasteiger partial charge in [-0.15, -0.1) is 0 Å². The van der Waals surface area contributed by atoms with E-state index in [2.05, 4.69) is 6.58 Å². The number of allylic oxidation sites excluding steroid dienone is 2. The van der Waals surface area contributed by atoms with E-state index in [1.807, 2.05) is 19.1 Å². The minimum absolute atomic E-state index is 0.357. The van der Waals surface area contributed by atoms with Crippen molar-refractivity contribution in [1.82, 2.24) is 0 Å². The van der Waals surface area contributed by atoms with Gasteiger partial charge in [0.25, 0.3) is 0 Å². The van der Waals surface area contributed by atoms with Crippen molar-refractivity contribution in [3.63, 3.8) is 0 Å². The SMILES string of the molecule is C=C(N)/C(C#N)=C\CCC. The Bertz CT molecular complexity index is 184. The molecule has 54 valence electrons. The molecule has 0 amide bonds. The summed E-state index contributed by atoms with van der Waals surface area (Å²) in [5.74, 6) is 0. The van der Waals surface area contributed by atoms with E-state index in [0.29, 0.717) is 11.3 Å². The summed E-state index contributed by atoms with van der Waals surface area (Å²) >= 11 is 0. The number of nitrogens with zero attached hydrogens (tertiary/aromatic N) is 1. The topological polar surface area (TPSA) is 49.8 Å². The van der Waals surface area contributed by atoms with Crippen LogP contribution in [0.4, 0.5) is 0 Å². The van der Waals surface area contributed by atoms with Crippen molar-refractivity contribution in [2.45, 2.75) is 19.8 Å². The Morgan fingerprint density at radius 2 is 2.40 bits per heavy atom. The molecule has 2 heteroatoms. The third-order valence-corrected chi connectivity index (χ3v) is 1.10. The zero-order valence-corrected chi connectivity index (χ0v) is 6.22. The van der Waals surface area contributed by atoms with Crippen LogP contribution in [-0.4, -0.2) is 0 Å². The van der Waals surface area contributed by atoms with Crippen molar-refractivity contribution < 1.29 is 0 Å². The van der Waals surface area contributed by atoms with Gasteiger partial charge in [0.15, 0.2) is 0 Å². The summed E-state index contributed by atoms with van der Waals surface area (Å²) in [7, 11) is 0. The zero-order chi connectivity index (χ0) is 7.98. The third-order valence-electron chi connectivity index (χ3n) is 1.10. The minimum Gasteiger partial charge on any atom is -0.398 e. The molecular formula is C8H12N2. The molecule has 0 rings (SSSR count). The molecule has 0 spiro atoms. The van der Waals surface area contributed by atoms with Crippen molar-refractivity contribution in [1.29, 1.82) is 5.26 Å². The largest absolute Gasteiger partial charge is 0.398 e. The number of hydrogen-bond donors (Lipinski definition) is 1. The first-order valence-electron chi connectivity index (χ1n) is 3.27. The molecule has 0 atom stereocenters. The van der Waals surface area contributed by atoms with Crippen LogP contribution in [0, 0.1) is 11.3 Å². The average molecular weight is 136 g/mol. The molecule has 0 aromatic rings. The Hall–Kier alpha value is -1.23. The van der Waals surface area contributed by atoms with Gasteiger partial charge in [0.1, 0.15) is 6.07 Å². The van der Waals surface area contributed by atoms with Gasteiger partial charge in [0.05, 0.1) is 5.57 Å². The first-order valence-corrected chi connectivity index (χ1v) is 3.27. The first-order chi connectivity index (χ1) is 4.72. The second-order valence-corrected chi connectivity index (χ2v) is 2.04. The van der Waals surface area contributed by atoms with Gasteiger partial charge in [0.2, 0.25) is 0 Å². The van der Waals surface area contributed by atoms with E-state index in [0.717, 1.165) is 12.8 Å². The monoisotopic (exact) mass is 136 g/mol. The van der Waals surface area contributed by atoms with Crippen LogP contribution >= 0.6 is 0 Å². The summed E-state index contributed by atoms with van der Waals surface area (Å²) in [6.45, 7) is 5.51. The average Bonchev–Trinajstić information content (AvgIpc) is 1.89. The molecule has 0 heterocycles. The molecular weight excluding hydrogens is 124 g/mol. The van der Waals surface area contributed by atoms with Crippen molar-refractivity contribution in [3.8, 4) is 6.07 Å². The van der Waals surface area contributed by atoms with E-state index in [9.17, 15) is 0 Å². The van der Waals surface area contributed by atoms with Gasteiger partial charge in [-0.2, -0.15) is 5.26 Å². The molecule has 0 aliphatic heterocycles. The molecule has 0 aromatic carbocycles. The fourth-order valence-electron chi connectivity index (χ4n) is 0.537. The lowest BCUT2D eigenvalue weighted by Gasteiger charge is -1.93. The highest BCUT2D eigenvalue weighted by atomic mass is 14.6. The van der Waals surface area contributed by atoms with Crippen molar-refractivity contribution >= 4 is 0 Å². The van der Waals surface area contributed by atoms with Crippen LogP contribution in [0.2, 0.25) is 0 Å². The van der Waals surface area contributed by atoms with Gasteiger partial charge in [-0.25, -0.2) is 0 Å². The molecule has 0 fully saturated rings. The Morgan fingerprint density at radius 1 is 1.80 bits per heavy atom. The van der Waals surface area contributed by atoms with Gasteiger partial charge < -0.3 is 5.73 Å². The Balaban J connectivity index is 4.09. The second kappa shape index (κ2) is 4.63. The maximum Gasteiger partial charge on any atom is 0.101 e. The van der Waals surface area contributed by atoms with E-state index in [1.54, 1.807) is 0 Å². The Labute approximate surface area is 61.6 Å². The Morgan fingerprint density at radius 3 is 2.70 bits per heavy atom. The van der Waals surface area contributed by atoms with E-state index in [-0.39, 0.29) is 0 Å².